The lowest BCUT2D eigenvalue weighted by Crippen LogP contribution is -2.14. The number of hydrogen-bond acceptors (Lipinski definition) is 6. The summed E-state index contributed by atoms with van der Waals surface area (Å²) in [4.78, 5) is 23.4. The van der Waals surface area contributed by atoms with Crippen molar-refractivity contribution in [3.63, 3.8) is 0 Å². The number of para-hydroxylation sites is 1. The van der Waals surface area contributed by atoms with Gasteiger partial charge in [0.15, 0.2) is 0 Å². The Labute approximate surface area is 150 Å². The Morgan fingerprint density at radius 1 is 1.04 bits per heavy atom. The number of carbonyl (C=O) groups is 2. The fourth-order valence-electron chi connectivity index (χ4n) is 2.14. The summed E-state index contributed by atoms with van der Waals surface area (Å²) >= 11 is 0. The molecule has 0 aliphatic heterocycles. The van der Waals surface area contributed by atoms with Crippen LogP contribution in [0.3, 0.4) is 0 Å². The summed E-state index contributed by atoms with van der Waals surface area (Å²) < 4.78 is 20.4. The highest BCUT2D eigenvalue weighted by Gasteiger charge is 2.21. The van der Waals surface area contributed by atoms with Crippen molar-refractivity contribution >= 4 is 11.9 Å². The van der Waals surface area contributed by atoms with Crippen LogP contribution in [-0.4, -0.2) is 31.3 Å². The van der Waals surface area contributed by atoms with Gasteiger partial charge in [-0.25, -0.2) is 9.59 Å². The van der Waals surface area contributed by atoms with Gasteiger partial charge in [0.05, 0.1) is 14.2 Å². The van der Waals surface area contributed by atoms with E-state index in [0.29, 0.717) is 11.3 Å². The molecule has 2 aromatic carbocycles. The third-order valence-electron chi connectivity index (χ3n) is 3.30. The van der Waals surface area contributed by atoms with Gasteiger partial charge >= 0.3 is 11.9 Å². The van der Waals surface area contributed by atoms with E-state index in [4.69, 9.17) is 14.2 Å². The van der Waals surface area contributed by atoms with Crippen molar-refractivity contribution in [3.05, 3.63) is 71.7 Å². The lowest BCUT2D eigenvalue weighted by molar-refractivity contribution is -0.138. The monoisotopic (exact) mass is 358 g/mol. The molecular formula is C19H18O7. The van der Waals surface area contributed by atoms with E-state index >= 15 is 0 Å². The first-order valence-electron chi connectivity index (χ1n) is 7.59. The first-order chi connectivity index (χ1) is 12.6. The van der Waals surface area contributed by atoms with Gasteiger partial charge in [-0.05, 0) is 18.2 Å². The quantitative estimate of drug-likeness (QED) is 0.440. The summed E-state index contributed by atoms with van der Waals surface area (Å²) in [5, 5.41) is 9.58. The summed E-state index contributed by atoms with van der Waals surface area (Å²) in [5.74, 6) is -1.72. The molecule has 0 aliphatic rings. The number of methoxy groups -OCH3 is 2. The van der Waals surface area contributed by atoms with Crippen LogP contribution in [0.15, 0.2) is 60.6 Å². The van der Waals surface area contributed by atoms with Crippen LogP contribution >= 0.6 is 0 Å². The zero-order valence-corrected chi connectivity index (χ0v) is 14.3. The van der Waals surface area contributed by atoms with Crippen molar-refractivity contribution in [3.8, 4) is 11.5 Å². The number of benzene rings is 2. The SMILES string of the molecule is COC=C(Oc1cccc(COc2ccccc2)c1C(=O)O)C(=O)OC. The molecular weight excluding hydrogens is 340 g/mol. The number of aromatic carboxylic acids is 1. The van der Waals surface area contributed by atoms with Gasteiger partial charge in [0.1, 0.15) is 29.9 Å². The van der Waals surface area contributed by atoms with Gasteiger partial charge in [0.2, 0.25) is 5.76 Å². The zero-order chi connectivity index (χ0) is 18.9. The Morgan fingerprint density at radius 3 is 2.38 bits per heavy atom. The first-order valence-corrected chi connectivity index (χ1v) is 7.59. The maximum absolute atomic E-state index is 11.7. The second kappa shape index (κ2) is 9.12. The van der Waals surface area contributed by atoms with Crippen LogP contribution in [0, 0.1) is 0 Å². The topological polar surface area (TPSA) is 91.3 Å². The second-order valence-corrected chi connectivity index (χ2v) is 5.01. The molecule has 0 saturated carbocycles. The third-order valence-corrected chi connectivity index (χ3v) is 3.30. The molecule has 0 unspecified atom stereocenters. The van der Waals surface area contributed by atoms with Crippen molar-refractivity contribution in [1.29, 1.82) is 0 Å². The van der Waals surface area contributed by atoms with Crippen LogP contribution in [0.1, 0.15) is 15.9 Å². The third kappa shape index (κ3) is 4.76. The Bertz CT molecular complexity index is 797. The van der Waals surface area contributed by atoms with Crippen molar-refractivity contribution in [2.75, 3.05) is 14.2 Å². The fourth-order valence-corrected chi connectivity index (χ4v) is 2.14. The van der Waals surface area contributed by atoms with Crippen LogP contribution in [0.4, 0.5) is 0 Å². The minimum Gasteiger partial charge on any atom is -0.500 e. The average Bonchev–Trinajstić information content (AvgIpc) is 2.66. The minimum atomic E-state index is -1.21. The summed E-state index contributed by atoms with van der Waals surface area (Å²) in [6, 6.07) is 13.6. The van der Waals surface area contributed by atoms with E-state index in [2.05, 4.69) is 4.74 Å². The Kier molecular flexibility index (Phi) is 6.61. The number of carboxylic acids is 1. The van der Waals surface area contributed by atoms with Gasteiger partial charge in [0, 0.05) is 5.56 Å². The normalized spacial score (nSPS) is 10.8. The van der Waals surface area contributed by atoms with Gasteiger partial charge in [-0.1, -0.05) is 30.3 Å². The predicted octanol–water partition coefficient (Wildman–Crippen LogP) is 3.00. The Balaban J connectivity index is 2.31. The highest BCUT2D eigenvalue weighted by Crippen LogP contribution is 2.26. The highest BCUT2D eigenvalue weighted by molar-refractivity contribution is 5.93. The van der Waals surface area contributed by atoms with Crippen molar-refractivity contribution in [2.45, 2.75) is 6.61 Å². The summed E-state index contributed by atoms with van der Waals surface area (Å²) in [6.07, 6.45) is 1.03. The molecule has 26 heavy (non-hydrogen) atoms. The highest BCUT2D eigenvalue weighted by atomic mass is 16.6. The van der Waals surface area contributed by atoms with Gasteiger partial charge in [-0.2, -0.15) is 0 Å². The van der Waals surface area contributed by atoms with Gasteiger partial charge in [0.25, 0.3) is 0 Å². The molecule has 0 saturated heterocycles. The van der Waals surface area contributed by atoms with E-state index in [-0.39, 0.29) is 23.7 Å². The molecule has 0 heterocycles. The minimum absolute atomic E-state index is 0.0183. The molecule has 0 radical (unpaired) electrons. The molecule has 0 atom stereocenters. The Morgan fingerprint density at radius 2 is 1.77 bits per heavy atom. The number of rotatable bonds is 8. The van der Waals surface area contributed by atoms with Gasteiger partial charge in [-0.15, -0.1) is 0 Å². The van der Waals surface area contributed by atoms with Crippen molar-refractivity contribution in [2.24, 2.45) is 0 Å². The van der Waals surface area contributed by atoms with E-state index in [1.807, 2.05) is 18.2 Å². The summed E-state index contributed by atoms with van der Waals surface area (Å²) in [5.41, 5.74) is 0.273. The first kappa shape index (κ1) is 18.9. The molecule has 0 fully saturated rings. The van der Waals surface area contributed by atoms with Crippen molar-refractivity contribution < 1.29 is 33.6 Å². The molecule has 2 rings (SSSR count). The smallest absolute Gasteiger partial charge is 0.377 e. The molecule has 1 N–H and O–H groups in total. The summed E-state index contributed by atoms with van der Waals surface area (Å²) in [6.45, 7) is 0.0183. The molecule has 7 nitrogen and oxygen atoms in total. The maximum Gasteiger partial charge on any atom is 0.377 e. The standard InChI is InChI=1S/C19H18O7/c1-23-12-16(19(22)24-2)26-15-10-6-7-13(17(15)18(20)21)11-25-14-8-4-3-5-9-14/h3-10,12H,11H2,1-2H3,(H,20,21). The van der Waals surface area contributed by atoms with Crippen LogP contribution in [0.5, 0.6) is 11.5 Å². The zero-order valence-electron chi connectivity index (χ0n) is 14.3. The number of esters is 1. The van der Waals surface area contributed by atoms with Crippen molar-refractivity contribution in [1.82, 2.24) is 0 Å². The van der Waals surface area contributed by atoms with Crippen LogP contribution in [0.25, 0.3) is 0 Å². The molecule has 0 aromatic heterocycles. The van der Waals surface area contributed by atoms with Crippen LogP contribution < -0.4 is 9.47 Å². The number of ether oxygens (including phenoxy) is 4. The maximum atomic E-state index is 11.7. The number of hydrogen-bond donors (Lipinski definition) is 1. The lowest BCUT2D eigenvalue weighted by Gasteiger charge is -2.14. The molecule has 136 valence electrons. The number of carboxylic acid groups (broad SMARTS) is 1. The lowest BCUT2D eigenvalue weighted by atomic mass is 10.1. The molecule has 0 bridgehead atoms. The molecule has 2 aromatic rings. The predicted molar refractivity (Wildman–Crippen MR) is 91.9 cm³/mol. The average molecular weight is 358 g/mol. The van der Waals surface area contributed by atoms with Crippen LogP contribution in [-0.2, 0) is 20.9 Å². The van der Waals surface area contributed by atoms with E-state index in [1.165, 1.54) is 20.3 Å². The van der Waals surface area contributed by atoms with Gasteiger partial charge in [-0.3, -0.25) is 0 Å². The van der Waals surface area contributed by atoms with Crippen LogP contribution in [0.2, 0.25) is 0 Å². The molecule has 0 aliphatic carbocycles. The number of carbonyl (C=O) groups excluding carboxylic acids is 1. The largest absolute Gasteiger partial charge is 0.500 e. The molecule has 7 heteroatoms. The molecule has 0 amide bonds. The second-order valence-electron chi connectivity index (χ2n) is 5.01. The van der Waals surface area contributed by atoms with E-state index in [1.54, 1.807) is 24.3 Å². The summed E-state index contributed by atoms with van der Waals surface area (Å²) in [7, 11) is 2.51. The molecule has 0 spiro atoms. The fraction of sp³-hybridized carbons (Fsp3) is 0.158. The van der Waals surface area contributed by atoms with E-state index in [0.717, 1.165) is 6.26 Å². The van der Waals surface area contributed by atoms with E-state index < -0.39 is 11.9 Å². The van der Waals surface area contributed by atoms with Gasteiger partial charge < -0.3 is 24.1 Å². The Hall–Kier alpha value is -3.48. The van der Waals surface area contributed by atoms with E-state index in [9.17, 15) is 14.7 Å².